The smallest absolute Gasteiger partial charge is 0.341 e. The Kier molecular flexibility index (Phi) is 7.90. The van der Waals surface area contributed by atoms with Crippen LogP contribution in [-0.2, 0) is 24.1 Å². The number of nitrogens with one attached hydrogen (secondary N) is 2. The molecule has 174 valence electrons. The number of methoxy groups -OCH3 is 1. The third kappa shape index (κ3) is 5.87. The van der Waals surface area contributed by atoms with Gasteiger partial charge in [-0.3, -0.25) is 4.68 Å². The van der Waals surface area contributed by atoms with Gasteiger partial charge in [-0.1, -0.05) is 42.1 Å². The van der Waals surface area contributed by atoms with E-state index in [9.17, 15) is 4.79 Å². The maximum Gasteiger partial charge on any atom is 0.341 e. The van der Waals surface area contributed by atoms with Crippen LogP contribution in [0.2, 0.25) is 10.0 Å². The monoisotopic (exact) mass is 522 g/mol. The largest absolute Gasteiger partial charge is 0.465 e. The Bertz CT molecular complexity index is 1180. The Morgan fingerprint density at radius 3 is 2.73 bits per heavy atom. The van der Waals surface area contributed by atoms with Gasteiger partial charge in [-0.15, -0.1) is 11.3 Å². The molecular formula is C23H24Cl2N4O2S2. The molecule has 3 aromatic rings. The Morgan fingerprint density at radius 1 is 1.18 bits per heavy atom. The van der Waals surface area contributed by atoms with E-state index < -0.39 is 0 Å². The first-order valence-corrected chi connectivity index (χ1v) is 12.7. The van der Waals surface area contributed by atoms with Gasteiger partial charge in [-0.25, -0.2) is 4.79 Å². The number of carbonyl (C=O) groups excluding carboxylic acids is 1. The van der Waals surface area contributed by atoms with Gasteiger partial charge < -0.3 is 15.4 Å². The van der Waals surface area contributed by atoms with Crippen LogP contribution < -0.4 is 10.6 Å². The van der Waals surface area contributed by atoms with Crippen molar-refractivity contribution in [2.24, 2.45) is 0 Å². The number of aryl methyl sites for hydroxylation is 1. The molecule has 0 bridgehead atoms. The number of hydrogen-bond donors (Lipinski definition) is 2. The molecule has 33 heavy (non-hydrogen) atoms. The quantitative estimate of drug-likeness (QED) is 0.292. The van der Waals surface area contributed by atoms with E-state index in [-0.39, 0.29) is 5.97 Å². The summed E-state index contributed by atoms with van der Waals surface area (Å²) in [6.07, 6.45) is 10.0. The van der Waals surface area contributed by atoms with Crippen molar-refractivity contribution in [1.29, 1.82) is 0 Å². The lowest BCUT2D eigenvalue weighted by atomic mass is 9.96. The third-order valence-corrected chi connectivity index (χ3v) is 7.66. The highest BCUT2D eigenvalue weighted by atomic mass is 35.5. The number of thiocarbonyl (C=S) groups is 1. The number of rotatable bonds is 5. The molecule has 1 aliphatic rings. The van der Waals surface area contributed by atoms with Crippen molar-refractivity contribution in [3.8, 4) is 0 Å². The Morgan fingerprint density at radius 2 is 1.97 bits per heavy atom. The van der Waals surface area contributed by atoms with Crippen molar-refractivity contribution in [3.05, 3.63) is 62.2 Å². The molecule has 0 amide bonds. The second-order valence-electron chi connectivity index (χ2n) is 7.87. The maximum absolute atomic E-state index is 12.6. The zero-order valence-corrected chi connectivity index (χ0v) is 21.3. The number of ether oxygens (including phenoxy) is 1. The van der Waals surface area contributed by atoms with E-state index in [1.807, 2.05) is 18.3 Å². The van der Waals surface area contributed by atoms with Crippen molar-refractivity contribution in [2.45, 2.75) is 45.1 Å². The molecule has 0 fully saturated rings. The second-order valence-corrected chi connectivity index (χ2v) is 10.2. The van der Waals surface area contributed by atoms with Crippen LogP contribution in [0.4, 0.5) is 10.7 Å². The van der Waals surface area contributed by atoms with Gasteiger partial charge in [-0.2, -0.15) is 5.10 Å². The minimum Gasteiger partial charge on any atom is -0.465 e. The van der Waals surface area contributed by atoms with Crippen LogP contribution in [0.25, 0.3) is 0 Å². The molecule has 10 heteroatoms. The zero-order valence-electron chi connectivity index (χ0n) is 18.1. The van der Waals surface area contributed by atoms with Crippen LogP contribution in [0.5, 0.6) is 0 Å². The zero-order chi connectivity index (χ0) is 23.4. The molecule has 1 aromatic carbocycles. The molecule has 0 unspecified atom stereocenters. The van der Waals surface area contributed by atoms with Gasteiger partial charge in [0.25, 0.3) is 0 Å². The molecule has 2 N–H and O–H groups in total. The first-order valence-electron chi connectivity index (χ1n) is 10.7. The fourth-order valence-electron chi connectivity index (χ4n) is 3.93. The molecule has 2 heterocycles. The molecule has 0 saturated heterocycles. The van der Waals surface area contributed by atoms with E-state index in [4.69, 9.17) is 40.2 Å². The van der Waals surface area contributed by atoms with E-state index in [2.05, 4.69) is 15.7 Å². The second kappa shape index (κ2) is 10.9. The standard InChI is InChI=1S/C23H24Cl2N4O2S2/c1-31-22(30)20-16-6-4-2-3-5-7-19(16)33-21(20)28-23(32)27-15-11-26-29(13-15)12-14-8-9-17(24)18(25)10-14/h8-11,13H,2-7,12H2,1H3,(H2,27,28,32). The van der Waals surface area contributed by atoms with Crippen LogP contribution in [0, 0.1) is 0 Å². The first-order chi connectivity index (χ1) is 15.9. The van der Waals surface area contributed by atoms with Crippen molar-refractivity contribution in [3.63, 3.8) is 0 Å². The van der Waals surface area contributed by atoms with Crippen LogP contribution in [0.3, 0.4) is 0 Å². The van der Waals surface area contributed by atoms with E-state index >= 15 is 0 Å². The number of thiophene rings is 1. The Hall–Kier alpha value is -2.13. The summed E-state index contributed by atoms with van der Waals surface area (Å²) < 4.78 is 6.86. The van der Waals surface area contributed by atoms with Gasteiger partial charge in [0.1, 0.15) is 5.00 Å². The number of esters is 1. The summed E-state index contributed by atoms with van der Waals surface area (Å²) in [6.45, 7) is 0.545. The average molecular weight is 524 g/mol. The number of nitrogens with zero attached hydrogens (tertiary/aromatic N) is 2. The number of halogens is 2. The Labute approximate surface area is 212 Å². The summed E-state index contributed by atoms with van der Waals surface area (Å²) in [5, 5.41) is 12.9. The van der Waals surface area contributed by atoms with Crippen LogP contribution in [0.15, 0.2) is 30.6 Å². The minimum absolute atomic E-state index is 0.326. The van der Waals surface area contributed by atoms with Crippen LogP contribution in [-0.4, -0.2) is 28.0 Å². The van der Waals surface area contributed by atoms with Crippen molar-refractivity contribution >= 4 is 68.5 Å². The van der Waals surface area contributed by atoms with Gasteiger partial charge in [-0.05, 0) is 61.2 Å². The lowest BCUT2D eigenvalue weighted by Gasteiger charge is -2.11. The van der Waals surface area contributed by atoms with Crippen molar-refractivity contribution in [1.82, 2.24) is 9.78 Å². The van der Waals surface area contributed by atoms with E-state index in [1.54, 1.807) is 28.3 Å². The average Bonchev–Trinajstić information content (AvgIpc) is 3.33. The SMILES string of the molecule is COC(=O)c1c(NC(=S)Nc2cnn(Cc3ccc(Cl)c(Cl)c3)c2)sc2c1CCCCCC2. The van der Waals surface area contributed by atoms with Crippen LogP contribution >= 0.6 is 46.8 Å². The van der Waals surface area contributed by atoms with Crippen LogP contribution in [0.1, 0.15) is 52.0 Å². The van der Waals surface area contributed by atoms with Gasteiger partial charge in [0.2, 0.25) is 0 Å². The lowest BCUT2D eigenvalue weighted by molar-refractivity contribution is 0.0601. The number of carbonyl (C=O) groups is 1. The van der Waals surface area contributed by atoms with Gasteiger partial charge in [0.05, 0.1) is 41.1 Å². The summed E-state index contributed by atoms with van der Waals surface area (Å²) in [5.74, 6) is -0.326. The van der Waals surface area contributed by atoms with Gasteiger partial charge in [0.15, 0.2) is 5.11 Å². The van der Waals surface area contributed by atoms with Crippen molar-refractivity contribution < 1.29 is 9.53 Å². The fourth-order valence-corrected chi connectivity index (χ4v) is 5.82. The molecule has 6 nitrogen and oxygen atoms in total. The number of aromatic nitrogens is 2. The first kappa shape index (κ1) is 24.0. The summed E-state index contributed by atoms with van der Waals surface area (Å²) in [6, 6.07) is 5.50. The molecule has 0 saturated carbocycles. The number of benzene rings is 1. The predicted molar refractivity (Wildman–Crippen MR) is 139 cm³/mol. The molecule has 4 rings (SSSR count). The fraction of sp³-hybridized carbons (Fsp3) is 0.348. The molecule has 2 aromatic heterocycles. The normalized spacial score (nSPS) is 13.5. The summed E-state index contributed by atoms with van der Waals surface area (Å²) >= 11 is 19.2. The lowest BCUT2D eigenvalue weighted by Crippen LogP contribution is -2.20. The topological polar surface area (TPSA) is 68.2 Å². The third-order valence-electron chi connectivity index (χ3n) is 5.51. The number of hydrogen-bond acceptors (Lipinski definition) is 5. The van der Waals surface area contributed by atoms with E-state index in [1.165, 1.54) is 24.8 Å². The maximum atomic E-state index is 12.6. The molecule has 0 radical (unpaired) electrons. The summed E-state index contributed by atoms with van der Waals surface area (Å²) in [7, 11) is 1.41. The number of fused-ring (bicyclic) bond motifs is 1. The highest BCUT2D eigenvalue weighted by Gasteiger charge is 2.25. The van der Waals surface area contributed by atoms with E-state index in [0.29, 0.717) is 27.3 Å². The Balaban J connectivity index is 1.46. The molecular weight excluding hydrogens is 499 g/mol. The molecule has 0 atom stereocenters. The molecule has 0 aliphatic heterocycles. The van der Waals surface area contributed by atoms with Gasteiger partial charge >= 0.3 is 5.97 Å². The summed E-state index contributed by atoms with van der Waals surface area (Å²) in [4.78, 5) is 13.8. The highest BCUT2D eigenvalue weighted by Crippen LogP contribution is 2.37. The number of anilines is 2. The van der Waals surface area contributed by atoms with Gasteiger partial charge in [0, 0.05) is 11.1 Å². The predicted octanol–water partition coefficient (Wildman–Crippen LogP) is 6.55. The molecule has 0 spiro atoms. The molecule has 1 aliphatic carbocycles. The van der Waals surface area contributed by atoms with E-state index in [0.717, 1.165) is 47.5 Å². The summed E-state index contributed by atoms with van der Waals surface area (Å²) in [5.41, 5.74) is 3.44. The van der Waals surface area contributed by atoms with Crippen molar-refractivity contribution in [2.75, 3.05) is 17.7 Å². The highest BCUT2D eigenvalue weighted by molar-refractivity contribution is 7.80. The minimum atomic E-state index is -0.326.